The van der Waals surface area contributed by atoms with Crippen LogP contribution in [0, 0.1) is 11.8 Å². The van der Waals surface area contributed by atoms with E-state index in [1.165, 1.54) is 0 Å². The molecule has 2 nitrogen and oxygen atoms in total. The molecule has 1 heterocycles. The summed E-state index contributed by atoms with van der Waals surface area (Å²) < 4.78 is 5.39. The maximum Gasteiger partial charge on any atom is 0.138 e. The summed E-state index contributed by atoms with van der Waals surface area (Å²) in [6.07, 6.45) is 4.03. The van der Waals surface area contributed by atoms with Gasteiger partial charge >= 0.3 is 0 Å². The quantitative estimate of drug-likeness (QED) is 0.679. The smallest absolute Gasteiger partial charge is 0.138 e. The van der Waals surface area contributed by atoms with E-state index in [4.69, 9.17) is 4.74 Å². The fourth-order valence-corrected chi connectivity index (χ4v) is 2.02. The molecule has 2 atom stereocenters. The lowest BCUT2D eigenvalue weighted by atomic mass is 9.93. The second kappa shape index (κ2) is 5.50. The predicted molar refractivity (Wildman–Crippen MR) is 57.2 cm³/mol. The van der Waals surface area contributed by atoms with E-state index in [-0.39, 0.29) is 12.0 Å². The van der Waals surface area contributed by atoms with Crippen LogP contribution < -0.4 is 0 Å². The summed E-state index contributed by atoms with van der Waals surface area (Å²) in [6, 6.07) is 0. The van der Waals surface area contributed by atoms with Crippen molar-refractivity contribution in [2.45, 2.75) is 52.6 Å². The molecule has 2 unspecified atom stereocenters. The van der Waals surface area contributed by atoms with Crippen LogP contribution in [0.3, 0.4) is 0 Å². The zero-order chi connectivity index (χ0) is 10.6. The Labute approximate surface area is 87.0 Å². The number of Topliss-reactive ketones (excluding diaryl/α,β-unsaturated/α-hetero) is 1. The molecule has 0 N–H and O–H groups in total. The van der Waals surface area contributed by atoms with Crippen LogP contribution in [-0.2, 0) is 9.53 Å². The van der Waals surface area contributed by atoms with Gasteiger partial charge in [0.1, 0.15) is 5.78 Å². The van der Waals surface area contributed by atoms with Gasteiger partial charge in [-0.2, -0.15) is 0 Å². The molecule has 1 fully saturated rings. The molecule has 0 radical (unpaired) electrons. The van der Waals surface area contributed by atoms with Crippen molar-refractivity contribution < 1.29 is 9.53 Å². The fourth-order valence-electron chi connectivity index (χ4n) is 2.02. The molecule has 1 saturated heterocycles. The molecular weight excluding hydrogens is 176 g/mol. The molecule has 0 amide bonds. The van der Waals surface area contributed by atoms with Gasteiger partial charge in [0.15, 0.2) is 0 Å². The van der Waals surface area contributed by atoms with Crippen LogP contribution in [0.1, 0.15) is 46.5 Å². The van der Waals surface area contributed by atoms with Crippen LogP contribution >= 0.6 is 0 Å². The van der Waals surface area contributed by atoms with Gasteiger partial charge in [-0.3, -0.25) is 4.79 Å². The second-order valence-corrected chi connectivity index (χ2v) is 4.72. The lowest BCUT2D eigenvalue weighted by Gasteiger charge is -2.12. The second-order valence-electron chi connectivity index (χ2n) is 4.72. The van der Waals surface area contributed by atoms with Gasteiger partial charge in [-0.15, -0.1) is 0 Å². The van der Waals surface area contributed by atoms with Crippen molar-refractivity contribution in [1.29, 1.82) is 0 Å². The van der Waals surface area contributed by atoms with E-state index in [1.807, 2.05) is 6.92 Å². The molecule has 0 bridgehead atoms. The minimum atomic E-state index is 0.154. The van der Waals surface area contributed by atoms with Crippen LogP contribution in [0.15, 0.2) is 0 Å². The first-order valence-corrected chi connectivity index (χ1v) is 5.75. The fraction of sp³-hybridized carbons (Fsp3) is 0.917. The average molecular weight is 198 g/mol. The van der Waals surface area contributed by atoms with Crippen molar-refractivity contribution in [1.82, 2.24) is 0 Å². The molecule has 0 aromatic carbocycles. The highest BCUT2D eigenvalue weighted by Crippen LogP contribution is 2.23. The zero-order valence-corrected chi connectivity index (χ0v) is 9.58. The highest BCUT2D eigenvalue weighted by molar-refractivity contribution is 5.81. The zero-order valence-electron chi connectivity index (χ0n) is 9.58. The molecule has 1 aliphatic rings. The molecule has 0 aromatic heterocycles. The Bertz CT molecular complexity index is 187. The number of hydrogen-bond acceptors (Lipinski definition) is 2. The summed E-state index contributed by atoms with van der Waals surface area (Å²) in [5, 5.41) is 0. The molecule has 0 aliphatic carbocycles. The number of carbonyl (C=O) groups is 1. The molecule has 14 heavy (non-hydrogen) atoms. The van der Waals surface area contributed by atoms with Gasteiger partial charge in [0.2, 0.25) is 0 Å². The van der Waals surface area contributed by atoms with Crippen LogP contribution in [0.5, 0.6) is 0 Å². The molecule has 0 spiro atoms. The Hall–Kier alpha value is -0.370. The van der Waals surface area contributed by atoms with Gasteiger partial charge in [-0.25, -0.2) is 0 Å². The van der Waals surface area contributed by atoms with E-state index in [0.717, 1.165) is 32.3 Å². The standard InChI is InChI=1S/C12H22O2/c1-9(2)5-4-6-12(13)11-7-8-14-10(11)3/h9-11H,4-8H2,1-3H3. The van der Waals surface area contributed by atoms with Crippen LogP contribution in [-0.4, -0.2) is 18.5 Å². The first-order valence-electron chi connectivity index (χ1n) is 5.75. The SMILES string of the molecule is CC(C)CCCC(=O)C1CCOC1C. The van der Waals surface area contributed by atoms with Crippen molar-refractivity contribution >= 4 is 5.78 Å². The van der Waals surface area contributed by atoms with Gasteiger partial charge in [-0.1, -0.05) is 20.3 Å². The average Bonchev–Trinajstić information content (AvgIpc) is 2.50. The highest BCUT2D eigenvalue weighted by atomic mass is 16.5. The largest absolute Gasteiger partial charge is 0.378 e. The molecule has 0 saturated carbocycles. The predicted octanol–water partition coefficient (Wildman–Crippen LogP) is 2.81. The normalized spacial score (nSPS) is 27.1. The summed E-state index contributed by atoms with van der Waals surface area (Å²) in [4.78, 5) is 11.8. The van der Waals surface area contributed by atoms with Crippen molar-refractivity contribution in [3.8, 4) is 0 Å². The molecule has 1 aliphatic heterocycles. The first-order chi connectivity index (χ1) is 6.61. The minimum absolute atomic E-state index is 0.154. The van der Waals surface area contributed by atoms with Crippen LogP contribution in [0.4, 0.5) is 0 Å². The van der Waals surface area contributed by atoms with E-state index < -0.39 is 0 Å². The topological polar surface area (TPSA) is 26.3 Å². The molecule has 0 aromatic rings. The number of rotatable bonds is 5. The lowest BCUT2D eigenvalue weighted by molar-refractivity contribution is -0.124. The van der Waals surface area contributed by atoms with Gasteiger partial charge in [-0.05, 0) is 25.7 Å². The van der Waals surface area contributed by atoms with Gasteiger partial charge < -0.3 is 4.74 Å². The number of ether oxygens (including phenoxy) is 1. The highest BCUT2D eigenvalue weighted by Gasteiger charge is 2.29. The summed E-state index contributed by atoms with van der Waals surface area (Å²) in [6.45, 7) is 7.18. The maximum atomic E-state index is 11.8. The van der Waals surface area contributed by atoms with Crippen LogP contribution in [0.2, 0.25) is 0 Å². The van der Waals surface area contributed by atoms with E-state index in [0.29, 0.717) is 11.7 Å². The monoisotopic (exact) mass is 198 g/mol. The van der Waals surface area contributed by atoms with Crippen LogP contribution in [0.25, 0.3) is 0 Å². The third-order valence-corrected chi connectivity index (χ3v) is 2.99. The van der Waals surface area contributed by atoms with Gasteiger partial charge in [0.25, 0.3) is 0 Å². The molecule has 2 heteroatoms. The van der Waals surface area contributed by atoms with Crippen molar-refractivity contribution in [3.05, 3.63) is 0 Å². The van der Waals surface area contributed by atoms with Crippen molar-refractivity contribution in [2.75, 3.05) is 6.61 Å². The molecule has 1 rings (SSSR count). The number of carbonyl (C=O) groups excluding carboxylic acids is 1. The lowest BCUT2D eigenvalue weighted by Crippen LogP contribution is -2.21. The van der Waals surface area contributed by atoms with E-state index in [1.54, 1.807) is 0 Å². The first kappa shape index (κ1) is 11.7. The number of hydrogen-bond donors (Lipinski definition) is 0. The van der Waals surface area contributed by atoms with E-state index >= 15 is 0 Å². The summed E-state index contributed by atoms with van der Waals surface area (Å²) >= 11 is 0. The molecule has 82 valence electrons. The van der Waals surface area contributed by atoms with E-state index in [9.17, 15) is 4.79 Å². The van der Waals surface area contributed by atoms with Gasteiger partial charge in [0, 0.05) is 18.9 Å². The van der Waals surface area contributed by atoms with Gasteiger partial charge in [0.05, 0.1) is 6.10 Å². The Morgan fingerprint density at radius 3 is 2.71 bits per heavy atom. The third kappa shape index (κ3) is 3.41. The van der Waals surface area contributed by atoms with Crippen molar-refractivity contribution in [3.63, 3.8) is 0 Å². The van der Waals surface area contributed by atoms with E-state index in [2.05, 4.69) is 13.8 Å². The molecular formula is C12H22O2. The third-order valence-electron chi connectivity index (χ3n) is 2.99. The Morgan fingerprint density at radius 1 is 1.50 bits per heavy atom. The summed E-state index contributed by atoms with van der Waals surface area (Å²) in [5.74, 6) is 1.30. The summed E-state index contributed by atoms with van der Waals surface area (Å²) in [5.41, 5.74) is 0. The number of ketones is 1. The minimum Gasteiger partial charge on any atom is -0.378 e. The summed E-state index contributed by atoms with van der Waals surface area (Å²) in [7, 11) is 0. The Morgan fingerprint density at radius 2 is 2.21 bits per heavy atom. The van der Waals surface area contributed by atoms with Crippen molar-refractivity contribution in [2.24, 2.45) is 11.8 Å². The Kier molecular flexibility index (Phi) is 4.59. The Balaban J connectivity index is 2.21. The maximum absolute atomic E-state index is 11.8.